The molecule has 0 spiro atoms. The van der Waals surface area contributed by atoms with E-state index in [2.05, 4.69) is 38.1 Å². The van der Waals surface area contributed by atoms with E-state index < -0.39 is 0 Å². The second-order valence-corrected chi connectivity index (χ2v) is 6.03. The summed E-state index contributed by atoms with van der Waals surface area (Å²) in [4.78, 5) is 13.5. The monoisotopic (exact) mass is 373 g/mol. The van der Waals surface area contributed by atoms with E-state index in [-0.39, 0.29) is 24.3 Å². The van der Waals surface area contributed by atoms with E-state index in [0.29, 0.717) is 6.61 Å². The van der Waals surface area contributed by atoms with Gasteiger partial charge in [0.1, 0.15) is 13.2 Å². The van der Waals surface area contributed by atoms with E-state index in [9.17, 15) is 4.79 Å². The molecule has 0 amide bonds. The van der Waals surface area contributed by atoms with Gasteiger partial charge in [-0.3, -0.25) is 0 Å². The molecule has 0 atom stereocenters. The molecule has 3 nitrogen and oxygen atoms in total. The van der Waals surface area contributed by atoms with Crippen LogP contribution in [0.25, 0.3) is 0 Å². The number of rotatable bonds is 9. The van der Waals surface area contributed by atoms with Crippen LogP contribution in [0, 0.1) is 0 Å². The van der Waals surface area contributed by atoms with Gasteiger partial charge in [-0.15, -0.1) is 0 Å². The van der Waals surface area contributed by atoms with Gasteiger partial charge in [0.05, 0.1) is 13.1 Å². The summed E-state index contributed by atoms with van der Waals surface area (Å²) in [5, 5.41) is 0. The summed E-state index contributed by atoms with van der Waals surface area (Å²) >= 11 is 0. The largest absolute Gasteiger partial charge is 1.00 e. The molecule has 0 unspecified atom stereocenters. The summed E-state index contributed by atoms with van der Waals surface area (Å²) < 4.78 is 5.35. The first kappa shape index (κ1) is 21.9. The molecule has 140 valence electrons. The van der Waals surface area contributed by atoms with Gasteiger partial charge in [-0.05, 0) is 25.0 Å². The third-order valence-corrected chi connectivity index (χ3v) is 4.44. The van der Waals surface area contributed by atoms with Crippen molar-refractivity contribution in [3.8, 4) is 0 Å². The fraction of sp³-hybridized carbons (Fsp3) is 0.318. The fourth-order valence-corrected chi connectivity index (χ4v) is 2.86. The van der Waals surface area contributed by atoms with Crippen LogP contribution in [0.2, 0.25) is 0 Å². The third-order valence-electron chi connectivity index (χ3n) is 4.44. The normalized spacial score (nSPS) is 10.9. The molecule has 1 N–H and O–H groups in total. The van der Waals surface area contributed by atoms with Crippen molar-refractivity contribution in [3.63, 3.8) is 0 Å². The summed E-state index contributed by atoms with van der Waals surface area (Å²) in [6.45, 7) is 7.70. The minimum atomic E-state index is -0.275. The minimum Gasteiger partial charge on any atom is -1.00 e. The lowest BCUT2D eigenvalue weighted by atomic mass is 9.91. The Balaban J connectivity index is 0.00000338. The second kappa shape index (κ2) is 12.3. The Hall–Kier alpha value is -2.10. The molecule has 2 aromatic carbocycles. The van der Waals surface area contributed by atoms with Crippen LogP contribution in [0.15, 0.2) is 72.8 Å². The molecule has 2 aromatic rings. The molecular weight excluding hydrogens is 346 g/mol. The number of carbonyl (C=O) groups excluding carboxylic acids is 1. The van der Waals surface area contributed by atoms with E-state index in [1.54, 1.807) is 6.08 Å². The van der Waals surface area contributed by atoms with Gasteiger partial charge < -0.3 is 22.0 Å². The smallest absolute Gasteiger partial charge is 0.330 e. The highest BCUT2D eigenvalue weighted by atomic mass is 35.5. The number of hydrogen-bond acceptors (Lipinski definition) is 2. The van der Waals surface area contributed by atoms with Crippen molar-refractivity contribution in [1.29, 1.82) is 0 Å². The Morgan fingerprint density at radius 1 is 0.962 bits per heavy atom. The Bertz CT molecular complexity index is 615. The number of halogens is 1. The number of hydrogen-bond donors (Lipinski definition) is 1. The predicted molar refractivity (Wildman–Crippen MR) is 102 cm³/mol. The summed E-state index contributed by atoms with van der Waals surface area (Å²) in [5.41, 5.74) is 2.32. The Morgan fingerprint density at radius 3 is 1.92 bits per heavy atom. The highest BCUT2D eigenvalue weighted by molar-refractivity contribution is 5.82. The molecule has 0 aliphatic carbocycles. The highest BCUT2D eigenvalue weighted by Crippen LogP contribution is 2.25. The Labute approximate surface area is 163 Å². The Morgan fingerprint density at radius 2 is 1.46 bits per heavy atom. The molecule has 0 aliphatic heterocycles. The Kier molecular flexibility index (Phi) is 10.4. The quantitative estimate of drug-likeness (QED) is 0.489. The zero-order chi connectivity index (χ0) is 17.9. The van der Waals surface area contributed by atoms with Crippen molar-refractivity contribution in [3.05, 3.63) is 83.9 Å². The number of nitrogens with one attached hydrogen (secondary N) is 1. The van der Waals surface area contributed by atoms with Gasteiger partial charge in [0.15, 0.2) is 0 Å². The van der Waals surface area contributed by atoms with Crippen LogP contribution in [0.3, 0.4) is 0 Å². The highest BCUT2D eigenvalue weighted by Gasteiger charge is 2.11. The molecular formula is C22H28ClNO2. The lowest BCUT2D eigenvalue weighted by Crippen LogP contribution is -3.11. The van der Waals surface area contributed by atoms with Crippen LogP contribution in [0.5, 0.6) is 0 Å². The number of allylic oxidation sites excluding steroid dienone is 1. The van der Waals surface area contributed by atoms with E-state index in [1.165, 1.54) is 4.90 Å². The molecule has 0 radical (unpaired) electrons. The summed E-state index contributed by atoms with van der Waals surface area (Å²) in [5.74, 6) is -0.230. The third kappa shape index (κ3) is 7.03. The number of likely N-dealkylation sites (N-methyl/N-ethyl adjacent to an activating group) is 1. The van der Waals surface area contributed by atoms with E-state index in [0.717, 1.165) is 30.8 Å². The van der Waals surface area contributed by atoms with Crippen LogP contribution < -0.4 is 17.3 Å². The van der Waals surface area contributed by atoms with Crippen molar-refractivity contribution in [2.45, 2.75) is 19.8 Å². The van der Waals surface area contributed by atoms with Gasteiger partial charge in [0.2, 0.25) is 0 Å². The standard InChI is InChI=1S/C22H27NO2.ClH/c1-3-23(4-2)17-18-25-22(24)16-15-21(19-11-7-5-8-12-19)20-13-9-6-10-14-20;/h5-16,21H,3-4,17-18H2,1-2H3;1H/b16-15+;. The van der Waals surface area contributed by atoms with Gasteiger partial charge in [0, 0.05) is 12.0 Å². The first-order valence-electron chi connectivity index (χ1n) is 9.03. The van der Waals surface area contributed by atoms with E-state index >= 15 is 0 Å². The SMILES string of the molecule is CC[NH+](CC)CCOC(=O)/C=C/C(c1ccccc1)c1ccccc1.[Cl-]. The van der Waals surface area contributed by atoms with Gasteiger partial charge in [-0.25, -0.2) is 4.79 Å². The maximum absolute atomic E-state index is 12.0. The number of quaternary nitrogens is 1. The maximum Gasteiger partial charge on any atom is 0.330 e. The number of ether oxygens (including phenoxy) is 1. The average molecular weight is 374 g/mol. The predicted octanol–water partition coefficient (Wildman–Crippen LogP) is -0.153. The fourth-order valence-electron chi connectivity index (χ4n) is 2.86. The van der Waals surface area contributed by atoms with Gasteiger partial charge in [0.25, 0.3) is 0 Å². The lowest BCUT2D eigenvalue weighted by Gasteiger charge is -2.15. The molecule has 0 saturated carbocycles. The van der Waals surface area contributed by atoms with Crippen LogP contribution in [-0.2, 0) is 9.53 Å². The van der Waals surface area contributed by atoms with E-state index in [1.807, 2.05) is 42.5 Å². The molecule has 4 heteroatoms. The summed E-state index contributed by atoms with van der Waals surface area (Å²) in [6, 6.07) is 20.4. The van der Waals surface area contributed by atoms with Crippen LogP contribution in [0.1, 0.15) is 30.9 Å². The van der Waals surface area contributed by atoms with Crippen LogP contribution in [-0.4, -0.2) is 32.2 Å². The number of carbonyl (C=O) groups is 1. The second-order valence-electron chi connectivity index (χ2n) is 6.03. The maximum atomic E-state index is 12.0. The van der Waals surface area contributed by atoms with Gasteiger partial charge in [-0.2, -0.15) is 0 Å². The topological polar surface area (TPSA) is 30.7 Å². The molecule has 0 saturated heterocycles. The molecule has 0 fully saturated rings. The summed E-state index contributed by atoms with van der Waals surface area (Å²) in [6.07, 6.45) is 3.49. The first-order valence-corrected chi connectivity index (χ1v) is 9.03. The molecule has 2 rings (SSSR count). The molecule has 0 aromatic heterocycles. The van der Waals surface area contributed by atoms with Crippen molar-refractivity contribution in [1.82, 2.24) is 0 Å². The molecule has 0 aliphatic rings. The van der Waals surface area contributed by atoms with Crippen molar-refractivity contribution in [2.24, 2.45) is 0 Å². The van der Waals surface area contributed by atoms with Gasteiger partial charge >= 0.3 is 5.97 Å². The minimum absolute atomic E-state index is 0. The van der Waals surface area contributed by atoms with Crippen molar-refractivity contribution in [2.75, 3.05) is 26.2 Å². The molecule has 0 bridgehead atoms. The van der Waals surface area contributed by atoms with E-state index in [4.69, 9.17) is 4.74 Å². The first-order chi connectivity index (χ1) is 12.2. The van der Waals surface area contributed by atoms with Crippen molar-refractivity contribution >= 4 is 5.97 Å². The molecule has 0 heterocycles. The van der Waals surface area contributed by atoms with Crippen LogP contribution in [0.4, 0.5) is 0 Å². The zero-order valence-corrected chi connectivity index (χ0v) is 16.3. The number of esters is 1. The lowest BCUT2D eigenvalue weighted by molar-refractivity contribution is -0.896. The van der Waals surface area contributed by atoms with Crippen molar-refractivity contribution < 1.29 is 26.8 Å². The zero-order valence-electron chi connectivity index (χ0n) is 15.5. The molecule has 26 heavy (non-hydrogen) atoms. The summed E-state index contributed by atoms with van der Waals surface area (Å²) in [7, 11) is 0. The van der Waals surface area contributed by atoms with Gasteiger partial charge in [-0.1, -0.05) is 66.7 Å². The number of benzene rings is 2. The average Bonchev–Trinajstić information content (AvgIpc) is 2.67. The van der Waals surface area contributed by atoms with Crippen LogP contribution >= 0.6 is 0 Å².